The summed E-state index contributed by atoms with van der Waals surface area (Å²) in [5.41, 5.74) is 2.23. The number of carbonyl (C=O) groups is 1. The summed E-state index contributed by atoms with van der Waals surface area (Å²) >= 11 is 0. The van der Waals surface area contributed by atoms with Crippen molar-refractivity contribution in [1.29, 1.82) is 0 Å². The molecule has 0 aliphatic carbocycles. The molecule has 0 bridgehead atoms. The first-order valence-corrected chi connectivity index (χ1v) is 9.73. The molecule has 6 heteroatoms. The summed E-state index contributed by atoms with van der Waals surface area (Å²) in [7, 11) is 0. The molecule has 2 heterocycles. The minimum absolute atomic E-state index is 0.0328. The Kier molecular flexibility index (Phi) is 5.77. The van der Waals surface area contributed by atoms with Crippen LogP contribution in [0.25, 0.3) is 11.4 Å². The fourth-order valence-corrected chi connectivity index (χ4v) is 3.59. The van der Waals surface area contributed by atoms with Crippen LogP contribution in [0.5, 0.6) is 0 Å². The minimum atomic E-state index is -0.270. The highest BCUT2D eigenvalue weighted by Gasteiger charge is 2.31. The van der Waals surface area contributed by atoms with Gasteiger partial charge in [-0.2, -0.15) is 4.98 Å². The predicted octanol–water partition coefficient (Wildman–Crippen LogP) is 2.71. The van der Waals surface area contributed by atoms with Crippen molar-refractivity contribution >= 4 is 5.91 Å². The Balaban J connectivity index is 1.39. The first-order valence-electron chi connectivity index (χ1n) is 9.73. The van der Waals surface area contributed by atoms with Crippen molar-refractivity contribution in [1.82, 2.24) is 20.4 Å². The van der Waals surface area contributed by atoms with Crippen LogP contribution in [0, 0.1) is 0 Å². The zero-order valence-corrected chi connectivity index (χ0v) is 15.8. The molecule has 1 fully saturated rings. The molecule has 1 aromatic heterocycles. The van der Waals surface area contributed by atoms with Crippen LogP contribution in [-0.2, 0) is 17.6 Å². The lowest BCUT2D eigenvalue weighted by Crippen LogP contribution is -2.56. The van der Waals surface area contributed by atoms with Crippen molar-refractivity contribution in [3.63, 3.8) is 0 Å². The smallest absolute Gasteiger partial charge is 0.237 e. The van der Waals surface area contributed by atoms with E-state index in [9.17, 15) is 4.79 Å². The second kappa shape index (κ2) is 8.80. The zero-order chi connectivity index (χ0) is 19.2. The number of nitrogens with zero attached hydrogens (tertiary/aromatic N) is 3. The van der Waals surface area contributed by atoms with Crippen molar-refractivity contribution in [2.45, 2.75) is 25.3 Å². The lowest BCUT2D eigenvalue weighted by atomic mass is 10.1. The van der Waals surface area contributed by atoms with Crippen LogP contribution in [-0.4, -0.2) is 46.6 Å². The standard InChI is InChI=1S/C22H24N4O2/c27-22-19(16-20-24-21(25-28-20)18-11-5-2-6-12-18)26(15-13-23-22)14-7-10-17-8-3-1-4-9-17/h1-6,8-9,11-12,19H,7,10,13-16H2,(H,23,27). The van der Waals surface area contributed by atoms with E-state index in [0.29, 0.717) is 24.7 Å². The van der Waals surface area contributed by atoms with Crippen molar-refractivity contribution in [3.05, 3.63) is 72.1 Å². The van der Waals surface area contributed by atoms with Gasteiger partial charge in [0.15, 0.2) is 0 Å². The monoisotopic (exact) mass is 376 g/mol. The lowest BCUT2D eigenvalue weighted by Gasteiger charge is -2.34. The third-order valence-electron chi connectivity index (χ3n) is 5.06. The molecule has 1 aliphatic rings. The van der Waals surface area contributed by atoms with E-state index < -0.39 is 0 Å². The fourth-order valence-electron chi connectivity index (χ4n) is 3.59. The number of carbonyl (C=O) groups excluding carboxylic acids is 1. The Morgan fingerprint density at radius 1 is 1.07 bits per heavy atom. The summed E-state index contributed by atoms with van der Waals surface area (Å²) in [6, 6.07) is 19.9. The van der Waals surface area contributed by atoms with Crippen LogP contribution in [0.15, 0.2) is 65.2 Å². The molecule has 1 amide bonds. The van der Waals surface area contributed by atoms with Gasteiger partial charge in [-0.15, -0.1) is 0 Å². The number of nitrogens with one attached hydrogen (secondary N) is 1. The van der Waals surface area contributed by atoms with Gasteiger partial charge in [0.1, 0.15) is 0 Å². The van der Waals surface area contributed by atoms with E-state index in [1.54, 1.807) is 0 Å². The van der Waals surface area contributed by atoms with Crippen LogP contribution in [0.3, 0.4) is 0 Å². The van der Waals surface area contributed by atoms with Crippen LogP contribution < -0.4 is 5.32 Å². The highest BCUT2D eigenvalue weighted by molar-refractivity contribution is 5.82. The van der Waals surface area contributed by atoms with Gasteiger partial charge in [-0.3, -0.25) is 9.69 Å². The number of hydrogen-bond donors (Lipinski definition) is 1. The van der Waals surface area contributed by atoms with Gasteiger partial charge >= 0.3 is 0 Å². The number of hydrogen-bond acceptors (Lipinski definition) is 5. The number of piperazine rings is 1. The molecule has 1 atom stereocenters. The molecule has 1 N–H and O–H groups in total. The van der Waals surface area contributed by atoms with Crippen LogP contribution in [0.4, 0.5) is 0 Å². The van der Waals surface area contributed by atoms with Crippen molar-refractivity contribution in [2.75, 3.05) is 19.6 Å². The van der Waals surface area contributed by atoms with Gasteiger partial charge in [0.25, 0.3) is 0 Å². The van der Waals surface area contributed by atoms with Crippen molar-refractivity contribution in [2.24, 2.45) is 0 Å². The highest BCUT2D eigenvalue weighted by atomic mass is 16.5. The topological polar surface area (TPSA) is 71.3 Å². The van der Waals surface area contributed by atoms with E-state index in [1.807, 2.05) is 36.4 Å². The number of aryl methyl sites for hydroxylation is 1. The minimum Gasteiger partial charge on any atom is -0.353 e. The molecule has 28 heavy (non-hydrogen) atoms. The van der Waals surface area contributed by atoms with Gasteiger partial charge in [0.05, 0.1) is 12.5 Å². The third kappa shape index (κ3) is 4.46. The lowest BCUT2D eigenvalue weighted by molar-refractivity contribution is -0.129. The maximum absolute atomic E-state index is 12.5. The SMILES string of the molecule is O=C1NCCN(CCCc2ccccc2)C1Cc1nc(-c2ccccc2)no1. The summed E-state index contributed by atoms with van der Waals surface area (Å²) in [5.74, 6) is 1.09. The first kappa shape index (κ1) is 18.4. The summed E-state index contributed by atoms with van der Waals surface area (Å²) in [6.07, 6.45) is 2.44. The molecule has 1 saturated heterocycles. The second-order valence-corrected chi connectivity index (χ2v) is 7.01. The summed E-state index contributed by atoms with van der Waals surface area (Å²) in [4.78, 5) is 19.2. The Bertz CT molecular complexity index is 895. The number of amides is 1. The van der Waals surface area contributed by atoms with E-state index >= 15 is 0 Å². The van der Waals surface area contributed by atoms with E-state index in [4.69, 9.17) is 4.52 Å². The maximum atomic E-state index is 12.5. The summed E-state index contributed by atoms with van der Waals surface area (Å²) in [6.45, 7) is 2.39. The Morgan fingerprint density at radius 3 is 2.61 bits per heavy atom. The van der Waals surface area contributed by atoms with E-state index in [0.717, 1.165) is 31.5 Å². The maximum Gasteiger partial charge on any atom is 0.237 e. The fraction of sp³-hybridized carbons (Fsp3) is 0.318. The van der Waals surface area contributed by atoms with Gasteiger partial charge in [-0.1, -0.05) is 65.8 Å². The van der Waals surface area contributed by atoms with Crippen LogP contribution in [0.2, 0.25) is 0 Å². The van der Waals surface area contributed by atoms with Gasteiger partial charge in [0, 0.05) is 18.7 Å². The molecule has 1 aliphatic heterocycles. The molecule has 0 saturated carbocycles. The number of benzene rings is 2. The number of rotatable bonds is 7. The second-order valence-electron chi connectivity index (χ2n) is 7.01. The van der Waals surface area contributed by atoms with Gasteiger partial charge in [0.2, 0.25) is 17.6 Å². The average molecular weight is 376 g/mol. The van der Waals surface area contributed by atoms with E-state index in [1.165, 1.54) is 5.56 Å². The normalized spacial score (nSPS) is 17.4. The quantitative estimate of drug-likeness (QED) is 0.686. The largest absolute Gasteiger partial charge is 0.353 e. The molecule has 2 aromatic carbocycles. The summed E-state index contributed by atoms with van der Waals surface area (Å²) in [5, 5.41) is 7.03. The number of aromatic nitrogens is 2. The molecule has 0 spiro atoms. The molecule has 144 valence electrons. The Hall–Kier alpha value is -2.99. The first-order chi connectivity index (χ1) is 13.8. The molecular formula is C22H24N4O2. The predicted molar refractivity (Wildman–Crippen MR) is 107 cm³/mol. The van der Waals surface area contributed by atoms with Crippen LogP contribution in [0.1, 0.15) is 17.9 Å². The van der Waals surface area contributed by atoms with Crippen molar-refractivity contribution < 1.29 is 9.32 Å². The third-order valence-corrected chi connectivity index (χ3v) is 5.06. The molecule has 0 radical (unpaired) electrons. The highest BCUT2D eigenvalue weighted by Crippen LogP contribution is 2.18. The Morgan fingerprint density at radius 2 is 1.82 bits per heavy atom. The van der Waals surface area contributed by atoms with Gasteiger partial charge < -0.3 is 9.84 Å². The molecule has 4 rings (SSSR count). The zero-order valence-electron chi connectivity index (χ0n) is 15.8. The van der Waals surface area contributed by atoms with Gasteiger partial charge in [-0.25, -0.2) is 0 Å². The average Bonchev–Trinajstić information content (AvgIpc) is 3.21. The van der Waals surface area contributed by atoms with Gasteiger partial charge in [-0.05, 0) is 24.9 Å². The molecule has 6 nitrogen and oxygen atoms in total. The van der Waals surface area contributed by atoms with E-state index in [-0.39, 0.29) is 11.9 Å². The van der Waals surface area contributed by atoms with Crippen LogP contribution >= 0.6 is 0 Å². The van der Waals surface area contributed by atoms with Crippen molar-refractivity contribution in [3.8, 4) is 11.4 Å². The molecule has 1 unspecified atom stereocenters. The Labute approximate surface area is 164 Å². The molecule has 3 aromatic rings. The summed E-state index contributed by atoms with van der Waals surface area (Å²) < 4.78 is 5.42. The molecular weight excluding hydrogens is 352 g/mol. The van der Waals surface area contributed by atoms with E-state index in [2.05, 4.69) is 44.6 Å².